The van der Waals surface area contributed by atoms with E-state index in [9.17, 15) is 4.79 Å². The summed E-state index contributed by atoms with van der Waals surface area (Å²) in [6.07, 6.45) is 14.4. The van der Waals surface area contributed by atoms with Crippen LogP contribution in [0, 0.1) is 46.8 Å². The first-order valence-electron chi connectivity index (χ1n) is 11.9. The molecule has 4 unspecified atom stereocenters. The summed E-state index contributed by atoms with van der Waals surface area (Å²) in [4.78, 5) is 12.9. The number of carbonyl (C=O) groups excluding carboxylic acids is 1. The maximum absolute atomic E-state index is 12.9. The van der Waals surface area contributed by atoms with Crippen molar-refractivity contribution in [1.29, 1.82) is 5.26 Å². The van der Waals surface area contributed by atoms with Gasteiger partial charge in [-0.3, -0.25) is 4.79 Å². The highest BCUT2D eigenvalue weighted by Crippen LogP contribution is 2.50. The summed E-state index contributed by atoms with van der Waals surface area (Å²) >= 11 is 0. The molecular formula is C26H35NO2. The van der Waals surface area contributed by atoms with E-state index in [1.807, 2.05) is 0 Å². The number of fused-ring (bicyclic) bond motifs is 1. The second-order valence-corrected chi connectivity index (χ2v) is 9.78. The largest absolute Gasteiger partial charge is 0.426 e. The zero-order valence-electron chi connectivity index (χ0n) is 17.8. The molecule has 1 aromatic carbocycles. The lowest BCUT2D eigenvalue weighted by Gasteiger charge is -2.46. The average Bonchev–Trinajstić information content (AvgIpc) is 2.78. The molecule has 3 saturated carbocycles. The molecule has 0 saturated heterocycles. The Bertz CT molecular complexity index is 726. The van der Waals surface area contributed by atoms with Crippen molar-refractivity contribution >= 4 is 5.97 Å². The van der Waals surface area contributed by atoms with Gasteiger partial charge in [0.05, 0.1) is 17.6 Å². The van der Waals surface area contributed by atoms with Gasteiger partial charge < -0.3 is 4.74 Å². The van der Waals surface area contributed by atoms with Gasteiger partial charge in [-0.15, -0.1) is 0 Å². The van der Waals surface area contributed by atoms with Crippen molar-refractivity contribution in [3.05, 3.63) is 29.8 Å². The van der Waals surface area contributed by atoms with E-state index in [-0.39, 0.29) is 11.9 Å². The van der Waals surface area contributed by atoms with Gasteiger partial charge in [0.15, 0.2) is 0 Å². The minimum atomic E-state index is -0.0497. The number of benzene rings is 1. The third-order valence-corrected chi connectivity index (χ3v) is 8.33. The lowest BCUT2D eigenvalue weighted by Crippen LogP contribution is -2.40. The lowest BCUT2D eigenvalue weighted by molar-refractivity contribution is -0.144. The highest BCUT2D eigenvalue weighted by Gasteiger charge is 2.43. The second kappa shape index (κ2) is 9.33. The van der Waals surface area contributed by atoms with Crippen molar-refractivity contribution in [2.75, 3.05) is 0 Å². The molecule has 4 atom stereocenters. The molecule has 3 fully saturated rings. The fourth-order valence-electron chi connectivity index (χ4n) is 6.58. The first-order valence-corrected chi connectivity index (χ1v) is 11.9. The van der Waals surface area contributed by atoms with Crippen LogP contribution < -0.4 is 4.74 Å². The van der Waals surface area contributed by atoms with Crippen LogP contribution in [0.1, 0.15) is 83.1 Å². The van der Waals surface area contributed by atoms with Gasteiger partial charge in [-0.2, -0.15) is 5.26 Å². The molecule has 29 heavy (non-hydrogen) atoms. The van der Waals surface area contributed by atoms with Gasteiger partial charge in [0.25, 0.3) is 0 Å². The fraction of sp³-hybridized carbons (Fsp3) is 0.692. The Morgan fingerprint density at radius 1 is 0.966 bits per heavy atom. The molecule has 4 rings (SSSR count). The third-order valence-electron chi connectivity index (χ3n) is 8.33. The number of esters is 1. The van der Waals surface area contributed by atoms with Gasteiger partial charge in [-0.25, -0.2) is 0 Å². The Labute approximate surface area is 175 Å². The maximum Gasteiger partial charge on any atom is 0.314 e. The van der Waals surface area contributed by atoms with Crippen LogP contribution in [0.25, 0.3) is 0 Å². The molecule has 0 radical (unpaired) electrons. The van der Waals surface area contributed by atoms with Crippen molar-refractivity contribution in [2.45, 2.75) is 77.6 Å². The fourth-order valence-corrected chi connectivity index (χ4v) is 6.58. The predicted octanol–water partition coefficient (Wildman–Crippen LogP) is 6.51. The molecule has 0 spiro atoms. The van der Waals surface area contributed by atoms with E-state index in [1.54, 1.807) is 24.3 Å². The summed E-state index contributed by atoms with van der Waals surface area (Å²) in [5.74, 6) is 4.60. The van der Waals surface area contributed by atoms with Crippen molar-refractivity contribution < 1.29 is 9.53 Å². The molecule has 0 heterocycles. The second-order valence-electron chi connectivity index (χ2n) is 9.78. The number of rotatable bonds is 4. The van der Waals surface area contributed by atoms with E-state index in [2.05, 4.69) is 13.0 Å². The molecule has 156 valence electrons. The van der Waals surface area contributed by atoms with Crippen LogP contribution in [0.15, 0.2) is 24.3 Å². The number of ether oxygens (including phenoxy) is 1. The number of hydrogen-bond acceptors (Lipinski definition) is 3. The van der Waals surface area contributed by atoms with Crippen molar-refractivity contribution in [1.82, 2.24) is 0 Å². The monoisotopic (exact) mass is 393 g/mol. The minimum Gasteiger partial charge on any atom is -0.426 e. The highest BCUT2D eigenvalue weighted by molar-refractivity contribution is 5.75. The molecule has 3 aliphatic carbocycles. The normalized spacial score (nSPS) is 34.6. The van der Waals surface area contributed by atoms with E-state index in [4.69, 9.17) is 10.00 Å². The van der Waals surface area contributed by atoms with E-state index in [0.717, 1.165) is 30.6 Å². The smallest absolute Gasteiger partial charge is 0.314 e. The first-order chi connectivity index (χ1) is 14.2. The number of nitrogens with zero attached hydrogens (tertiary/aromatic N) is 1. The van der Waals surface area contributed by atoms with E-state index in [0.29, 0.717) is 23.1 Å². The highest BCUT2D eigenvalue weighted by atomic mass is 16.5. The van der Waals surface area contributed by atoms with Gasteiger partial charge in [0, 0.05) is 0 Å². The molecule has 0 N–H and O–H groups in total. The van der Waals surface area contributed by atoms with E-state index in [1.165, 1.54) is 57.8 Å². The van der Waals surface area contributed by atoms with Crippen LogP contribution in [0.3, 0.4) is 0 Å². The molecular weight excluding hydrogens is 358 g/mol. The maximum atomic E-state index is 12.9. The van der Waals surface area contributed by atoms with Crippen LogP contribution in [0.4, 0.5) is 0 Å². The molecule has 0 aromatic heterocycles. The summed E-state index contributed by atoms with van der Waals surface area (Å²) in [6, 6.07) is 9.00. The summed E-state index contributed by atoms with van der Waals surface area (Å²) in [5.41, 5.74) is 0.592. The Hall–Kier alpha value is -1.82. The SMILES string of the molecule is CCC1CCC(C2CCC3C(CCCC3C(=O)Oc3ccc(C#N)cc3)C2)CC1. The first kappa shape index (κ1) is 20.5. The van der Waals surface area contributed by atoms with Crippen LogP contribution in [-0.4, -0.2) is 5.97 Å². The Kier molecular flexibility index (Phi) is 6.58. The van der Waals surface area contributed by atoms with Gasteiger partial charge in [-0.1, -0.05) is 39.0 Å². The van der Waals surface area contributed by atoms with Gasteiger partial charge in [0.1, 0.15) is 5.75 Å². The summed E-state index contributed by atoms with van der Waals surface area (Å²) < 4.78 is 5.72. The summed E-state index contributed by atoms with van der Waals surface area (Å²) in [6.45, 7) is 2.34. The Balaban J connectivity index is 1.34. The van der Waals surface area contributed by atoms with Gasteiger partial charge >= 0.3 is 5.97 Å². The van der Waals surface area contributed by atoms with Crippen LogP contribution >= 0.6 is 0 Å². The van der Waals surface area contributed by atoms with E-state index < -0.39 is 0 Å². The summed E-state index contributed by atoms with van der Waals surface area (Å²) in [7, 11) is 0. The molecule has 3 aliphatic rings. The molecule has 1 aromatic rings. The van der Waals surface area contributed by atoms with Gasteiger partial charge in [0.2, 0.25) is 0 Å². The zero-order chi connectivity index (χ0) is 20.2. The van der Waals surface area contributed by atoms with Crippen LogP contribution in [0.5, 0.6) is 5.75 Å². The van der Waals surface area contributed by atoms with Crippen LogP contribution in [-0.2, 0) is 4.79 Å². The minimum absolute atomic E-state index is 0.0497. The standard InChI is InChI=1S/C26H35NO2/c1-2-18-6-10-20(11-7-18)21-12-15-24-22(16-21)4-3-5-25(24)26(28)29-23-13-8-19(17-27)9-14-23/h8-9,13-14,18,20-22,24-25H,2-7,10-12,15-16H2,1H3. The Morgan fingerprint density at radius 2 is 1.69 bits per heavy atom. The lowest BCUT2D eigenvalue weighted by atomic mass is 9.59. The van der Waals surface area contributed by atoms with Crippen LogP contribution in [0.2, 0.25) is 0 Å². The van der Waals surface area contributed by atoms with Crippen molar-refractivity contribution in [3.63, 3.8) is 0 Å². The Morgan fingerprint density at radius 3 is 2.38 bits per heavy atom. The molecule has 3 heteroatoms. The van der Waals surface area contributed by atoms with Crippen molar-refractivity contribution in [3.8, 4) is 11.8 Å². The van der Waals surface area contributed by atoms with Crippen molar-refractivity contribution in [2.24, 2.45) is 35.5 Å². The molecule has 0 bridgehead atoms. The summed E-state index contributed by atoms with van der Waals surface area (Å²) in [5, 5.41) is 8.93. The number of carbonyl (C=O) groups is 1. The van der Waals surface area contributed by atoms with E-state index >= 15 is 0 Å². The number of nitriles is 1. The molecule has 3 nitrogen and oxygen atoms in total. The molecule has 0 aliphatic heterocycles. The topological polar surface area (TPSA) is 50.1 Å². The zero-order valence-corrected chi connectivity index (χ0v) is 17.8. The number of hydrogen-bond donors (Lipinski definition) is 0. The molecule has 0 amide bonds. The quantitative estimate of drug-likeness (QED) is 0.432. The van der Waals surface area contributed by atoms with Gasteiger partial charge in [-0.05, 0) is 92.4 Å². The predicted molar refractivity (Wildman–Crippen MR) is 114 cm³/mol. The average molecular weight is 394 g/mol. The third kappa shape index (κ3) is 4.68.